The lowest BCUT2D eigenvalue weighted by Gasteiger charge is -2.32. The number of amides is 2. The maximum absolute atomic E-state index is 12.0. The number of nitrogens with zero attached hydrogens (tertiary/aromatic N) is 1. The molecule has 22 heavy (non-hydrogen) atoms. The van der Waals surface area contributed by atoms with E-state index >= 15 is 0 Å². The third kappa shape index (κ3) is 4.13. The second-order valence-corrected chi connectivity index (χ2v) is 6.77. The fourth-order valence-corrected chi connectivity index (χ4v) is 2.62. The number of benzene rings is 1. The van der Waals surface area contributed by atoms with Gasteiger partial charge in [0, 0.05) is 18.5 Å². The van der Waals surface area contributed by atoms with Crippen molar-refractivity contribution in [2.45, 2.75) is 38.8 Å². The summed E-state index contributed by atoms with van der Waals surface area (Å²) in [5.41, 5.74) is -0.232. The zero-order chi connectivity index (χ0) is 16.3. The third-order valence-electron chi connectivity index (χ3n) is 3.50. The van der Waals surface area contributed by atoms with Crippen molar-refractivity contribution in [2.24, 2.45) is 0 Å². The molecule has 1 atom stereocenters. The monoisotopic (exact) mass is 324 g/mol. The molecule has 1 N–H and O–H groups in total. The van der Waals surface area contributed by atoms with E-state index in [2.05, 4.69) is 5.32 Å². The number of carbonyl (C=O) groups is 2. The lowest BCUT2D eigenvalue weighted by Crippen LogP contribution is -2.45. The number of ether oxygens (including phenoxy) is 1. The topological polar surface area (TPSA) is 58.6 Å². The van der Waals surface area contributed by atoms with Gasteiger partial charge < -0.3 is 15.0 Å². The molecule has 1 heterocycles. The normalized spacial score (nSPS) is 18.5. The Balaban J connectivity index is 1.84. The highest BCUT2D eigenvalue weighted by Crippen LogP contribution is 2.23. The molecule has 0 bridgehead atoms. The Morgan fingerprint density at radius 1 is 1.41 bits per heavy atom. The van der Waals surface area contributed by atoms with E-state index in [0.717, 1.165) is 0 Å². The molecular weight excluding hydrogens is 304 g/mol. The van der Waals surface area contributed by atoms with Crippen LogP contribution in [0.15, 0.2) is 24.3 Å². The van der Waals surface area contributed by atoms with Gasteiger partial charge in [-0.15, -0.1) is 0 Å². The van der Waals surface area contributed by atoms with Gasteiger partial charge in [-0.3, -0.25) is 9.59 Å². The van der Waals surface area contributed by atoms with E-state index in [4.69, 9.17) is 16.3 Å². The van der Waals surface area contributed by atoms with Crippen LogP contribution in [0, 0.1) is 0 Å². The van der Waals surface area contributed by atoms with Crippen LogP contribution in [0.3, 0.4) is 0 Å². The minimum absolute atomic E-state index is 0.0600. The van der Waals surface area contributed by atoms with Gasteiger partial charge in [0.15, 0.2) is 6.61 Å². The number of likely N-dealkylation sites (tertiary alicyclic amines) is 1. The first kappa shape index (κ1) is 16.6. The van der Waals surface area contributed by atoms with E-state index in [1.807, 2.05) is 20.8 Å². The quantitative estimate of drug-likeness (QED) is 0.924. The van der Waals surface area contributed by atoms with Crippen LogP contribution in [-0.2, 0) is 9.59 Å². The van der Waals surface area contributed by atoms with Gasteiger partial charge in [-0.25, -0.2) is 0 Å². The molecule has 0 radical (unpaired) electrons. The second-order valence-electron chi connectivity index (χ2n) is 6.36. The van der Waals surface area contributed by atoms with Gasteiger partial charge >= 0.3 is 0 Å². The maximum atomic E-state index is 12.0. The molecule has 2 rings (SSSR count). The van der Waals surface area contributed by atoms with Gasteiger partial charge in [0.05, 0.1) is 11.1 Å². The maximum Gasteiger partial charge on any atom is 0.258 e. The largest absolute Gasteiger partial charge is 0.482 e. The SMILES string of the molecule is CC(C)(C)N1C[C@H](NC(=O)COc2ccccc2Cl)CC1=O. The molecule has 0 aliphatic carbocycles. The average molecular weight is 325 g/mol. The molecule has 0 spiro atoms. The molecule has 1 fully saturated rings. The van der Waals surface area contributed by atoms with Gasteiger partial charge in [0.25, 0.3) is 5.91 Å². The Hall–Kier alpha value is -1.75. The zero-order valence-corrected chi connectivity index (χ0v) is 13.8. The highest BCUT2D eigenvalue weighted by atomic mass is 35.5. The smallest absolute Gasteiger partial charge is 0.258 e. The summed E-state index contributed by atoms with van der Waals surface area (Å²) in [6.07, 6.45) is 0.328. The molecule has 1 saturated heterocycles. The Bertz CT molecular complexity index is 569. The summed E-state index contributed by atoms with van der Waals surface area (Å²) < 4.78 is 5.39. The summed E-state index contributed by atoms with van der Waals surface area (Å²) in [6.45, 7) is 6.35. The summed E-state index contributed by atoms with van der Waals surface area (Å²) in [7, 11) is 0. The van der Waals surface area contributed by atoms with Crippen LogP contribution < -0.4 is 10.1 Å². The minimum Gasteiger partial charge on any atom is -0.482 e. The average Bonchev–Trinajstić information content (AvgIpc) is 2.78. The van der Waals surface area contributed by atoms with Crippen LogP contribution in [0.25, 0.3) is 0 Å². The van der Waals surface area contributed by atoms with Crippen molar-refractivity contribution in [3.8, 4) is 5.75 Å². The summed E-state index contributed by atoms with van der Waals surface area (Å²) in [6, 6.07) is 6.81. The zero-order valence-electron chi connectivity index (χ0n) is 13.1. The molecule has 1 aromatic carbocycles. The fraction of sp³-hybridized carbons (Fsp3) is 0.500. The van der Waals surface area contributed by atoms with E-state index in [-0.39, 0.29) is 30.0 Å². The van der Waals surface area contributed by atoms with Crippen LogP contribution in [0.1, 0.15) is 27.2 Å². The number of para-hydroxylation sites is 1. The van der Waals surface area contributed by atoms with E-state index in [1.165, 1.54) is 0 Å². The Labute approximate surface area is 135 Å². The van der Waals surface area contributed by atoms with Gasteiger partial charge in [0.1, 0.15) is 5.75 Å². The van der Waals surface area contributed by atoms with E-state index in [9.17, 15) is 9.59 Å². The minimum atomic E-state index is -0.256. The number of carbonyl (C=O) groups excluding carboxylic acids is 2. The van der Waals surface area contributed by atoms with Crippen molar-refractivity contribution in [3.63, 3.8) is 0 Å². The molecule has 0 unspecified atom stereocenters. The number of rotatable bonds is 4. The first-order chi connectivity index (χ1) is 10.3. The Morgan fingerprint density at radius 2 is 2.09 bits per heavy atom. The number of halogens is 1. The third-order valence-corrected chi connectivity index (χ3v) is 3.81. The lowest BCUT2D eigenvalue weighted by molar-refractivity contribution is -0.131. The van der Waals surface area contributed by atoms with Crippen molar-refractivity contribution in [1.82, 2.24) is 10.2 Å². The van der Waals surface area contributed by atoms with Crippen LogP contribution in [0.4, 0.5) is 0 Å². The summed E-state index contributed by atoms with van der Waals surface area (Å²) in [4.78, 5) is 25.7. The number of hydrogen-bond acceptors (Lipinski definition) is 3. The van der Waals surface area contributed by atoms with Crippen LogP contribution in [-0.4, -0.2) is 41.4 Å². The van der Waals surface area contributed by atoms with Gasteiger partial charge in [-0.05, 0) is 32.9 Å². The Kier molecular flexibility index (Phi) is 4.96. The van der Waals surface area contributed by atoms with Crippen LogP contribution in [0.2, 0.25) is 5.02 Å². The van der Waals surface area contributed by atoms with E-state index < -0.39 is 0 Å². The van der Waals surface area contributed by atoms with Crippen molar-refractivity contribution < 1.29 is 14.3 Å². The van der Waals surface area contributed by atoms with Gasteiger partial charge in [-0.1, -0.05) is 23.7 Å². The summed E-state index contributed by atoms with van der Waals surface area (Å²) >= 11 is 5.96. The van der Waals surface area contributed by atoms with E-state index in [0.29, 0.717) is 23.7 Å². The van der Waals surface area contributed by atoms with Crippen molar-refractivity contribution in [2.75, 3.05) is 13.2 Å². The first-order valence-electron chi connectivity index (χ1n) is 7.24. The Morgan fingerprint density at radius 3 is 2.68 bits per heavy atom. The molecule has 0 saturated carbocycles. The van der Waals surface area contributed by atoms with E-state index in [1.54, 1.807) is 29.2 Å². The highest BCUT2D eigenvalue weighted by molar-refractivity contribution is 6.32. The molecule has 0 aromatic heterocycles. The predicted molar refractivity (Wildman–Crippen MR) is 85.0 cm³/mol. The van der Waals surface area contributed by atoms with Crippen LogP contribution in [0.5, 0.6) is 5.75 Å². The molecule has 2 amide bonds. The summed E-state index contributed by atoms with van der Waals surface area (Å²) in [5.74, 6) is 0.274. The number of nitrogens with one attached hydrogen (secondary N) is 1. The van der Waals surface area contributed by atoms with Crippen LogP contribution >= 0.6 is 11.6 Å². The molecule has 120 valence electrons. The molecule has 1 aliphatic heterocycles. The second kappa shape index (κ2) is 6.57. The molecular formula is C16H21ClN2O3. The van der Waals surface area contributed by atoms with Gasteiger partial charge in [-0.2, -0.15) is 0 Å². The fourth-order valence-electron chi connectivity index (χ4n) is 2.43. The molecule has 1 aromatic rings. The lowest BCUT2D eigenvalue weighted by atomic mass is 10.1. The standard InChI is InChI=1S/C16H21ClN2O3/c1-16(2,3)19-9-11(8-15(19)21)18-14(20)10-22-13-7-5-4-6-12(13)17/h4-7,11H,8-10H2,1-3H3,(H,18,20)/t11-/m1/s1. The first-order valence-corrected chi connectivity index (χ1v) is 7.62. The van der Waals surface area contributed by atoms with Crippen molar-refractivity contribution >= 4 is 23.4 Å². The van der Waals surface area contributed by atoms with Crippen molar-refractivity contribution in [1.29, 1.82) is 0 Å². The highest BCUT2D eigenvalue weighted by Gasteiger charge is 2.36. The predicted octanol–water partition coefficient (Wildman–Crippen LogP) is 2.23. The molecule has 6 heteroatoms. The molecule has 5 nitrogen and oxygen atoms in total. The number of hydrogen-bond donors (Lipinski definition) is 1. The van der Waals surface area contributed by atoms with Gasteiger partial charge in [0.2, 0.25) is 5.91 Å². The summed E-state index contributed by atoms with van der Waals surface area (Å²) in [5, 5.41) is 3.29. The van der Waals surface area contributed by atoms with Crippen molar-refractivity contribution in [3.05, 3.63) is 29.3 Å². The molecule has 1 aliphatic rings.